The van der Waals surface area contributed by atoms with Gasteiger partial charge in [-0.2, -0.15) is 0 Å². The van der Waals surface area contributed by atoms with Gasteiger partial charge in [-0.25, -0.2) is 4.98 Å². The Morgan fingerprint density at radius 1 is 1.05 bits per heavy atom. The molecule has 2 aromatic carbocycles. The monoisotopic (exact) mass is 542 g/mol. The zero-order valence-electron chi connectivity index (χ0n) is 22.9. The highest BCUT2D eigenvalue weighted by molar-refractivity contribution is 7.10. The predicted octanol–water partition coefficient (Wildman–Crippen LogP) is 6.72. The molecule has 0 unspecified atom stereocenters. The lowest BCUT2D eigenvalue weighted by molar-refractivity contribution is -0.124. The summed E-state index contributed by atoms with van der Waals surface area (Å²) in [5.41, 5.74) is 4.39. The van der Waals surface area contributed by atoms with Gasteiger partial charge in [-0.05, 0) is 111 Å². The molecular weight excluding hydrogens is 504 g/mol. The fourth-order valence-electron chi connectivity index (χ4n) is 6.12. The first-order valence-electron chi connectivity index (χ1n) is 14.2. The van der Waals surface area contributed by atoms with Gasteiger partial charge in [-0.3, -0.25) is 4.79 Å². The Kier molecular flexibility index (Phi) is 9.01. The van der Waals surface area contributed by atoms with Crippen molar-refractivity contribution in [3.63, 3.8) is 0 Å². The summed E-state index contributed by atoms with van der Waals surface area (Å²) in [4.78, 5) is 20.2. The van der Waals surface area contributed by atoms with Crippen LogP contribution in [0.2, 0.25) is 0 Å². The van der Waals surface area contributed by atoms with E-state index in [-0.39, 0.29) is 17.9 Å². The number of ether oxygens (including phenoxy) is 1. The second-order valence-electron chi connectivity index (χ2n) is 11.0. The van der Waals surface area contributed by atoms with Crippen LogP contribution < -0.4 is 9.64 Å². The minimum Gasteiger partial charge on any atom is -0.496 e. The van der Waals surface area contributed by atoms with Crippen LogP contribution in [0.25, 0.3) is 0 Å². The van der Waals surface area contributed by atoms with Crippen molar-refractivity contribution in [3.8, 4) is 17.6 Å². The van der Waals surface area contributed by atoms with Gasteiger partial charge in [-0.1, -0.05) is 24.1 Å². The van der Waals surface area contributed by atoms with Crippen LogP contribution in [0.15, 0.2) is 54.0 Å². The van der Waals surface area contributed by atoms with Crippen LogP contribution in [0.1, 0.15) is 79.0 Å². The van der Waals surface area contributed by atoms with E-state index in [4.69, 9.17) is 4.74 Å². The van der Waals surface area contributed by atoms with Crippen LogP contribution in [0.4, 0.5) is 5.69 Å². The summed E-state index contributed by atoms with van der Waals surface area (Å²) in [5.74, 6) is 8.48. The van der Waals surface area contributed by atoms with Crippen molar-refractivity contribution < 1.29 is 14.6 Å². The maximum atomic E-state index is 13.9. The molecule has 0 bridgehead atoms. The molecule has 0 radical (unpaired) electrons. The van der Waals surface area contributed by atoms with Gasteiger partial charge in [0.05, 0.1) is 13.2 Å². The highest BCUT2D eigenvalue weighted by atomic mass is 32.1. The normalized spacial score (nSPS) is 22.9. The first-order chi connectivity index (χ1) is 19.0. The quantitative estimate of drug-likeness (QED) is 0.351. The van der Waals surface area contributed by atoms with E-state index in [0.29, 0.717) is 24.7 Å². The number of anilines is 1. The Balaban J connectivity index is 1.31. The zero-order chi connectivity index (χ0) is 27.2. The number of methoxy groups -OCH3 is 1. The molecule has 0 aliphatic heterocycles. The fraction of sp³-hybridized carbons (Fsp3) is 0.455. The van der Waals surface area contributed by atoms with Crippen LogP contribution in [-0.4, -0.2) is 35.8 Å². The number of hydrogen-bond acceptors (Lipinski definition) is 5. The number of amides is 1. The van der Waals surface area contributed by atoms with Gasteiger partial charge < -0.3 is 14.7 Å². The van der Waals surface area contributed by atoms with Crippen LogP contribution in [0, 0.1) is 30.6 Å². The SMILES string of the molecule is COc1ccc([C@H]2CC[C@H](CN(c3cccc(C#Cc4nccs4)c3)C(=O)[C@H]3CC[C@H](O)CC3)CC2)cc1C. The van der Waals surface area contributed by atoms with Gasteiger partial charge in [0.1, 0.15) is 5.75 Å². The van der Waals surface area contributed by atoms with Crippen LogP contribution in [0.3, 0.4) is 0 Å². The highest BCUT2D eigenvalue weighted by Gasteiger charge is 2.32. The molecule has 5 nitrogen and oxygen atoms in total. The fourth-order valence-corrected chi connectivity index (χ4v) is 6.60. The van der Waals surface area contributed by atoms with Crippen molar-refractivity contribution in [2.45, 2.75) is 70.3 Å². The molecule has 1 aromatic heterocycles. The minimum atomic E-state index is -0.274. The average Bonchev–Trinajstić information content (AvgIpc) is 3.49. The van der Waals surface area contributed by atoms with E-state index in [1.807, 2.05) is 34.5 Å². The number of rotatable bonds is 6. The molecular formula is C33H38N2O3S. The number of benzene rings is 2. The highest BCUT2D eigenvalue weighted by Crippen LogP contribution is 2.38. The number of aliphatic hydroxyl groups is 1. The van der Waals surface area contributed by atoms with Gasteiger partial charge in [0.25, 0.3) is 0 Å². The third kappa shape index (κ3) is 6.90. The van der Waals surface area contributed by atoms with E-state index in [2.05, 4.69) is 41.9 Å². The molecule has 2 aliphatic rings. The van der Waals surface area contributed by atoms with Gasteiger partial charge in [0, 0.05) is 35.3 Å². The van der Waals surface area contributed by atoms with Gasteiger partial charge >= 0.3 is 0 Å². The smallest absolute Gasteiger partial charge is 0.230 e. The van der Waals surface area contributed by atoms with Crippen molar-refractivity contribution >= 4 is 22.9 Å². The van der Waals surface area contributed by atoms with Gasteiger partial charge in [0.2, 0.25) is 5.91 Å². The third-order valence-electron chi connectivity index (χ3n) is 8.39. The number of carbonyl (C=O) groups is 1. The Hall–Kier alpha value is -3.14. The first-order valence-corrected chi connectivity index (χ1v) is 15.0. The molecule has 39 heavy (non-hydrogen) atoms. The molecule has 2 saturated carbocycles. The lowest BCUT2D eigenvalue weighted by Gasteiger charge is -2.36. The van der Waals surface area contributed by atoms with E-state index in [9.17, 15) is 9.90 Å². The number of aryl methyl sites for hydroxylation is 1. The number of nitrogens with zero attached hydrogens (tertiary/aromatic N) is 2. The predicted molar refractivity (Wildman–Crippen MR) is 157 cm³/mol. The molecule has 1 amide bonds. The van der Waals surface area contributed by atoms with E-state index >= 15 is 0 Å². The summed E-state index contributed by atoms with van der Waals surface area (Å²) in [6, 6.07) is 14.6. The molecule has 1 heterocycles. The van der Waals surface area contributed by atoms with Crippen LogP contribution >= 0.6 is 11.3 Å². The molecule has 3 aromatic rings. The van der Waals surface area contributed by atoms with E-state index < -0.39 is 0 Å². The maximum absolute atomic E-state index is 13.9. The number of hydrogen-bond donors (Lipinski definition) is 1. The van der Waals surface area contributed by atoms with E-state index in [1.165, 1.54) is 22.5 Å². The second-order valence-corrected chi connectivity index (χ2v) is 11.9. The molecule has 0 saturated heterocycles. The number of aliphatic hydroxyl groups excluding tert-OH is 1. The van der Waals surface area contributed by atoms with Crippen molar-refractivity contribution in [1.29, 1.82) is 0 Å². The molecule has 6 heteroatoms. The van der Waals surface area contributed by atoms with Crippen molar-refractivity contribution in [1.82, 2.24) is 4.98 Å². The van der Waals surface area contributed by atoms with Crippen molar-refractivity contribution in [2.75, 3.05) is 18.6 Å². The van der Waals surface area contributed by atoms with Crippen LogP contribution in [0.5, 0.6) is 5.75 Å². The molecule has 2 fully saturated rings. The summed E-state index contributed by atoms with van der Waals surface area (Å²) in [6.07, 6.45) is 8.87. The summed E-state index contributed by atoms with van der Waals surface area (Å²) in [5, 5.41) is 12.7. The van der Waals surface area contributed by atoms with Crippen molar-refractivity contribution in [2.24, 2.45) is 11.8 Å². The van der Waals surface area contributed by atoms with Gasteiger partial charge in [-0.15, -0.1) is 11.3 Å². The maximum Gasteiger partial charge on any atom is 0.230 e. The molecule has 2 aliphatic carbocycles. The lowest BCUT2D eigenvalue weighted by atomic mass is 9.78. The van der Waals surface area contributed by atoms with Crippen LogP contribution in [-0.2, 0) is 4.79 Å². The summed E-state index contributed by atoms with van der Waals surface area (Å²) < 4.78 is 5.45. The molecule has 0 atom stereocenters. The number of thiazole rings is 1. The second kappa shape index (κ2) is 12.8. The average molecular weight is 543 g/mol. The molecule has 204 valence electrons. The Morgan fingerprint density at radius 2 is 1.85 bits per heavy atom. The van der Waals surface area contributed by atoms with Crippen molar-refractivity contribution in [3.05, 3.63) is 75.7 Å². The third-order valence-corrected chi connectivity index (χ3v) is 9.08. The van der Waals surface area contributed by atoms with E-state index in [0.717, 1.165) is 67.1 Å². The summed E-state index contributed by atoms with van der Waals surface area (Å²) in [7, 11) is 1.72. The Labute approximate surface area is 236 Å². The lowest BCUT2D eigenvalue weighted by Crippen LogP contribution is -2.41. The topological polar surface area (TPSA) is 62.7 Å². The standard InChI is InChI=1S/C33H38N2O3S/c1-23-20-28(13-16-31(23)38-2)26-9-6-25(7-10-26)22-35(33(37)27-11-14-30(36)15-12-27)29-5-3-4-24(21-29)8-17-32-34-18-19-39-32/h3-5,13,16,18-21,25-27,30,36H,6-7,9-12,14-15,22H2,1-2H3/t25-,26-,27-,30-. The molecule has 0 spiro atoms. The van der Waals surface area contributed by atoms with Gasteiger partial charge in [0.15, 0.2) is 5.01 Å². The number of aromatic nitrogens is 1. The minimum absolute atomic E-state index is 0.0305. The number of carbonyl (C=O) groups excluding carboxylic acids is 1. The molecule has 5 rings (SSSR count). The largest absolute Gasteiger partial charge is 0.496 e. The Morgan fingerprint density at radius 3 is 2.54 bits per heavy atom. The van der Waals surface area contributed by atoms with E-state index in [1.54, 1.807) is 13.3 Å². The zero-order valence-corrected chi connectivity index (χ0v) is 23.8. The summed E-state index contributed by atoms with van der Waals surface area (Å²) >= 11 is 1.52. The summed E-state index contributed by atoms with van der Waals surface area (Å²) in [6.45, 7) is 2.84. The first kappa shape index (κ1) is 27.4. The Bertz CT molecular complexity index is 1310. The molecule has 1 N–H and O–H groups in total.